The second-order valence-corrected chi connectivity index (χ2v) is 4.89. The van der Waals surface area contributed by atoms with Crippen LogP contribution in [0.1, 0.15) is 32.1 Å². The van der Waals surface area contributed by atoms with E-state index >= 15 is 0 Å². The van der Waals surface area contributed by atoms with Gasteiger partial charge in [0, 0.05) is 12.6 Å². The number of allylic oxidation sites excluding steroid dienone is 1. The van der Waals surface area contributed by atoms with Gasteiger partial charge in [-0.15, -0.1) is 0 Å². The monoisotopic (exact) mass is 238 g/mol. The molecule has 1 saturated carbocycles. The van der Waals surface area contributed by atoms with Gasteiger partial charge in [-0.25, -0.2) is 4.79 Å². The van der Waals surface area contributed by atoms with Crippen LogP contribution in [0.15, 0.2) is 12.2 Å². The molecule has 0 bridgehead atoms. The third-order valence-electron chi connectivity index (χ3n) is 3.50. The summed E-state index contributed by atoms with van der Waals surface area (Å²) in [7, 11) is 0. The number of urea groups is 1. The number of aliphatic carboxylic acids is 1. The average Bonchev–Trinajstić information content (AvgIpc) is 3.09. The molecule has 5 nitrogen and oxygen atoms in total. The molecule has 1 unspecified atom stereocenters. The number of nitrogens with one attached hydrogen (secondary N) is 2. The zero-order valence-electron chi connectivity index (χ0n) is 9.74. The van der Waals surface area contributed by atoms with Crippen LogP contribution in [0.4, 0.5) is 4.79 Å². The topological polar surface area (TPSA) is 78.4 Å². The van der Waals surface area contributed by atoms with Crippen LogP contribution in [-0.4, -0.2) is 29.7 Å². The highest BCUT2D eigenvalue weighted by atomic mass is 16.4. The summed E-state index contributed by atoms with van der Waals surface area (Å²) in [6.07, 6.45) is 8.30. The Kier molecular flexibility index (Phi) is 3.36. The van der Waals surface area contributed by atoms with E-state index in [-0.39, 0.29) is 18.6 Å². The first-order valence-electron chi connectivity index (χ1n) is 6.05. The van der Waals surface area contributed by atoms with Gasteiger partial charge in [-0.05, 0) is 32.1 Å². The number of carboxylic acid groups (broad SMARTS) is 1. The standard InChI is InChI=1S/C12H18N2O3/c15-10(16)12(6-7-12)8-13-11(17)14-9-4-2-1-3-5-9/h1-2,9H,3-8H2,(H,15,16)(H2,13,14,17). The van der Waals surface area contributed by atoms with Gasteiger partial charge in [0.2, 0.25) is 0 Å². The van der Waals surface area contributed by atoms with Gasteiger partial charge >= 0.3 is 12.0 Å². The maximum absolute atomic E-state index is 11.6. The van der Waals surface area contributed by atoms with Crippen molar-refractivity contribution in [3.8, 4) is 0 Å². The fourth-order valence-electron chi connectivity index (χ4n) is 2.03. The van der Waals surface area contributed by atoms with Crippen LogP contribution in [0.25, 0.3) is 0 Å². The molecule has 0 aliphatic heterocycles. The number of hydrogen-bond donors (Lipinski definition) is 3. The highest BCUT2D eigenvalue weighted by Gasteiger charge is 2.50. The molecule has 1 atom stereocenters. The third-order valence-corrected chi connectivity index (χ3v) is 3.50. The third kappa shape index (κ3) is 2.99. The van der Waals surface area contributed by atoms with E-state index in [4.69, 9.17) is 5.11 Å². The Morgan fingerprint density at radius 3 is 2.65 bits per heavy atom. The molecule has 3 N–H and O–H groups in total. The molecule has 0 aromatic carbocycles. The van der Waals surface area contributed by atoms with E-state index in [9.17, 15) is 9.59 Å². The molecule has 17 heavy (non-hydrogen) atoms. The smallest absolute Gasteiger partial charge is 0.315 e. The molecule has 94 valence electrons. The Hall–Kier alpha value is -1.52. The van der Waals surface area contributed by atoms with Crippen LogP contribution in [0.2, 0.25) is 0 Å². The minimum Gasteiger partial charge on any atom is -0.481 e. The summed E-state index contributed by atoms with van der Waals surface area (Å²) in [5.74, 6) is -0.807. The Morgan fingerprint density at radius 2 is 2.12 bits per heavy atom. The predicted molar refractivity (Wildman–Crippen MR) is 62.6 cm³/mol. The lowest BCUT2D eigenvalue weighted by atomic mass is 10.0. The van der Waals surface area contributed by atoms with Crippen molar-refractivity contribution in [2.75, 3.05) is 6.54 Å². The van der Waals surface area contributed by atoms with Gasteiger partial charge in [0.15, 0.2) is 0 Å². The Balaban J connectivity index is 1.71. The molecular weight excluding hydrogens is 220 g/mol. The van der Waals surface area contributed by atoms with E-state index < -0.39 is 11.4 Å². The van der Waals surface area contributed by atoms with E-state index in [0.29, 0.717) is 12.8 Å². The molecule has 0 saturated heterocycles. The maximum atomic E-state index is 11.6. The van der Waals surface area contributed by atoms with Gasteiger partial charge in [-0.3, -0.25) is 4.79 Å². The lowest BCUT2D eigenvalue weighted by Gasteiger charge is -2.20. The average molecular weight is 238 g/mol. The molecule has 0 spiro atoms. The summed E-state index contributed by atoms with van der Waals surface area (Å²) in [6.45, 7) is 0.233. The molecule has 2 aliphatic rings. The van der Waals surface area contributed by atoms with E-state index in [1.165, 1.54) is 0 Å². The highest BCUT2D eigenvalue weighted by molar-refractivity contribution is 5.80. The normalized spacial score (nSPS) is 25.1. The zero-order chi connectivity index (χ0) is 12.3. The number of rotatable bonds is 4. The van der Waals surface area contributed by atoms with E-state index in [0.717, 1.165) is 19.3 Å². The van der Waals surface area contributed by atoms with Crippen molar-refractivity contribution < 1.29 is 14.7 Å². The van der Waals surface area contributed by atoms with Crippen molar-refractivity contribution in [2.24, 2.45) is 5.41 Å². The quantitative estimate of drug-likeness (QED) is 0.645. The summed E-state index contributed by atoms with van der Waals surface area (Å²) >= 11 is 0. The van der Waals surface area contributed by atoms with E-state index in [1.54, 1.807) is 0 Å². The zero-order valence-corrected chi connectivity index (χ0v) is 9.74. The van der Waals surface area contributed by atoms with Crippen molar-refractivity contribution in [3.05, 3.63) is 12.2 Å². The van der Waals surface area contributed by atoms with Gasteiger partial charge in [-0.1, -0.05) is 12.2 Å². The number of amides is 2. The van der Waals surface area contributed by atoms with E-state index in [1.807, 2.05) is 0 Å². The Morgan fingerprint density at radius 1 is 1.35 bits per heavy atom. The van der Waals surface area contributed by atoms with Crippen molar-refractivity contribution in [2.45, 2.75) is 38.1 Å². The molecule has 0 aromatic heterocycles. The van der Waals surface area contributed by atoms with Gasteiger partial charge < -0.3 is 15.7 Å². The van der Waals surface area contributed by atoms with Crippen LogP contribution in [-0.2, 0) is 4.79 Å². The maximum Gasteiger partial charge on any atom is 0.315 e. The highest BCUT2D eigenvalue weighted by Crippen LogP contribution is 2.45. The second kappa shape index (κ2) is 4.77. The van der Waals surface area contributed by atoms with Crippen molar-refractivity contribution in [1.29, 1.82) is 0 Å². The van der Waals surface area contributed by atoms with Gasteiger partial charge in [0.25, 0.3) is 0 Å². The number of carbonyl (C=O) groups excluding carboxylic acids is 1. The molecule has 0 aromatic rings. The predicted octanol–water partition coefficient (Wildman–Crippen LogP) is 1.26. The van der Waals surface area contributed by atoms with Crippen LogP contribution in [0.5, 0.6) is 0 Å². The molecule has 2 amide bonds. The summed E-state index contributed by atoms with van der Waals surface area (Å²) in [5, 5.41) is 14.5. The lowest BCUT2D eigenvalue weighted by Crippen LogP contribution is -2.45. The summed E-state index contributed by atoms with van der Waals surface area (Å²) in [4.78, 5) is 22.5. The number of hydrogen-bond acceptors (Lipinski definition) is 2. The fourth-order valence-corrected chi connectivity index (χ4v) is 2.03. The lowest BCUT2D eigenvalue weighted by molar-refractivity contribution is -0.143. The Labute approximate surface area is 100 Å². The molecule has 2 rings (SSSR count). The first-order valence-corrected chi connectivity index (χ1v) is 6.05. The van der Waals surface area contributed by atoms with Crippen LogP contribution < -0.4 is 10.6 Å². The summed E-state index contributed by atoms with van der Waals surface area (Å²) in [5.41, 5.74) is -0.691. The largest absolute Gasteiger partial charge is 0.481 e. The first kappa shape index (κ1) is 12.0. The van der Waals surface area contributed by atoms with Crippen molar-refractivity contribution in [3.63, 3.8) is 0 Å². The van der Waals surface area contributed by atoms with Crippen molar-refractivity contribution >= 4 is 12.0 Å². The molecular formula is C12H18N2O3. The minimum atomic E-state index is -0.807. The van der Waals surface area contributed by atoms with E-state index in [2.05, 4.69) is 22.8 Å². The molecule has 0 radical (unpaired) electrons. The SMILES string of the molecule is O=C(NCC1(C(=O)O)CC1)NC1CC=CCC1. The van der Waals surface area contributed by atoms with Gasteiger partial charge in [0.1, 0.15) is 0 Å². The summed E-state index contributed by atoms with van der Waals surface area (Å²) in [6, 6.07) is -0.0715. The molecule has 5 heteroatoms. The second-order valence-electron chi connectivity index (χ2n) is 4.89. The van der Waals surface area contributed by atoms with Crippen LogP contribution in [0.3, 0.4) is 0 Å². The van der Waals surface area contributed by atoms with Crippen LogP contribution >= 0.6 is 0 Å². The molecule has 2 aliphatic carbocycles. The number of carbonyl (C=O) groups is 2. The van der Waals surface area contributed by atoms with Gasteiger partial charge in [-0.2, -0.15) is 0 Å². The van der Waals surface area contributed by atoms with Crippen molar-refractivity contribution in [1.82, 2.24) is 10.6 Å². The number of carboxylic acids is 1. The summed E-state index contributed by atoms with van der Waals surface area (Å²) < 4.78 is 0. The van der Waals surface area contributed by atoms with Gasteiger partial charge in [0.05, 0.1) is 5.41 Å². The minimum absolute atomic E-state index is 0.181. The fraction of sp³-hybridized carbons (Fsp3) is 0.667. The first-order chi connectivity index (χ1) is 8.12. The Bertz CT molecular complexity index is 348. The molecule has 1 fully saturated rings. The van der Waals surface area contributed by atoms with Crippen LogP contribution in [0, 0.1) is 5.41 Å². The molecule has 0 heterocycles.